The van der Waals surface area contributed by atoms with Crippen LogP contribution in [0.3, 0.4) is 0 Å². The molecule has 4 heterocycles. The fraction of sp³-hybridized carbons (Fsp3) is 0.300. The Labute approximate surface area is 210 Å². The number of pyridine rings is 2. The van der Waals surface area contributed by atoms with E-state index in [1.165, 1.54) is 29.2 Å². The molecule has 1 fully saturated rings. The molecule has 3 aromatic heterocycles. The second-order valence-corrected chi connectivity index (χ2v) is 10.2. The maximum Gasteiger partial charge on any atom is 0.413 e. The van der Waals surface area contributed by atoms with Crippen molar-refractivity contribution in [3.63, 3.8) is 0 Å². The van der Waals surface area contributed by atoms with Crippen molar-refractivity contribution in [3.05, 3.63) is 47.4 Å². The molecule has 2 amide bonds. The summed E-state index contributed by atoms with van der Waals surface area (Å²) >= 11 is 6.05. The monoisotopic (exact) mass is 536 g/mol. The van der Waals surface area contributed by atoms with E-state index in [4.69, 9.17) is 21.4 Å². The average Bonchev–Trinajstić information content (AvgIpc) is 3.12. The third kappa shape index (κ3) is 5.31. The Bertz CT molecular complexity index is 1390. The molecular weight excluding hydrogens is 516 g/mol. The van der Waals surface area contributed by atoms with E-state index in [2.05, 4.69) is 30.3 Å². The first-order valence-electron chi connectivity index (χ1n) is 10.5. The molecule has 3 aromatic rings. The van der Waals surface area contributed by atoms with Gasteiger partial charge in [0.15, 0.2) is 11.5 Å². The van der Waals surface area contributed by atoms with Crippen molar-refractivity contribution in [2.24, 2.45) is 7.05 Å². The van der Waals surface area contributed by atoms with Gasteiger partial charge in [-0.2, -0.15) is 0 Å². The fourth-order valence-electron chi connectivity index (χ4n) is 3.35. The van der Waals surface area contributed by atoms with E-state index in [0.717, 1.165) is 4.90 Å². The lowest BCUT2D eigenvalue weighted by Crippen LogP contribution is -2.57. The summed E-state index contributed by atoms with van der Waals surface area (Å²) in [6, 6.07) is 6.34. The summed E-state index contributed by atoms with van der Waals surface area (Å²) in [6.45, 7) is 1.44. The van der Waals surface area contributed by atoms with Crippen LogP contribution < -0.4 is 10.0 Å². The number of sulfonamides is 1. The van der Waals surface area contributed by atoms with Gasteiger partial charge in [-0.05, 0) is 25.1 Å². The van der Waals surface area contributed by atoms with Crippen LogP contribution in [0, 0.1) is 0 Å². The summed E-state index contributed by atoms with van der Waals surface area (Å²) in [7, 11) is -2.23. The standard InChI is InChI=1S/C20H21ClN8O6S/c1-11(14-4-3-7-22-17(14)21)35-19(30)24-18-16(25-27-28(18)2)15-6-5-12(8-23-15)26-36(33,34)13-9-29(10-13)20(31)32/h3-8,11,13,26H,9-10H2,1-2H3,(H,24,30)(H,31,32). The Morgan fingerprint density at radius 3 is 2.64 bits per heavy atom. The number of aromatic nitrogens is 5. The van der Waals surface area contributed by atoms with Crippen LogP contribution >= 0.6 is 11.6 Å². The van der Waals surface area contributed by atoms with Gasteiger partial charge in [0.2, 0.25) is 10.0 Å². The number of hydrogen-bond donors (Lipinski definition) is 3. The lowest BCUT2D eigenvalue weighted by atomic mass is 10.2. The van der Waals surface area contributed by atoms with Gasteiger partial charge >= 0.3 is 12.2 Å². The molecule has 190 valence electrons. The zero-order valence-electron chi connectivity index (χ0n) is 19.0. The molecule has 16 heteroatoms. The molecule has 1 atom stereocenters. The normalized spacial score (nSPS) is 14.6. The van der Waals surface area contributed by atoms with Crippen LogP contribution in [0.15, 0.2) is 36.7 Å². The van der Waals surface area contributed by atoms with E-state index in [1.54, 1.807) is 26.1 Å². The molecule has 0 saturated carbocycles. The molecule has 0 aromatic carbocycles. The van der Waals surface area contributed by atoms with Gasteiger partial charge in [-0.15, -0.1) is 5.10 Å². The minimum atomic E-state index is -3.79. The van der Waals surface area contributed by atoms with Crippen LogP contribution in [-0.2, 0) is 21.8 Å². The van der Waals surface area contributed by atoms with Crippen molar-refractivity contribution >= 4 is 45.3 Å². The van der Waals surface area contributed by atoms with Crippen molar-refractivity contribution < 1.29 is 27.9 Å². The summed E-state index contributed by atoms with van der Waals surface area (Å²) in [5.41, 5.74) is 1.26. The van der Waals surface area contributed by atoms with Crippen molar-refractivity contribution in [2.45, 2.75) is 18.3 Å². The van der Waals surface area contributed by atoms with Gasteiger partial charge in [-0.3, -0.25) is 15.0 Å². The van der Waals surface area contributed by atoms with E-state index in [9.17, 15) is 18.0 Å². The highest BCUT2D eigenvalue weighted by Gasteiger charge is 2.40. The molecule has 1 aliphatic rings. The molecule has 1 saturated heterocycles. The smallest absolute Gasteiger partial charge is 0.413 e. The molecule has 1 aliphatic heterocycles. The molecule has 0 radical (unpaired) electrons. The number of aryl methyl sites for hydroxylation is 1. The topological polar surface area (TPSA) is 182 Å². The second-order valence-electron chi connectivity index (χ2n) is 7.85. The number of likely N-dealkylation sites (tertiary alicyclic amines) is 1. The van der Waals surface area contributed by atoms with Crippen LogP contribution in [0.2, 0.25) is 5.15 Å². The van der Waals surface area contributed by atoms with Gasteiger partial charge in [0.1, 0.15) is 16.5 Å². The van der Waals surface area contributed by atoms with Gasteiger partial charge in [0, 0.05) is 31.9 Å². The number of carbonyl (C=O) groups excluding carboxylic acids is 1. The lowest BCUT2D eigenvalue weighted by Gasteiger charge is -2.36. The van der Waals surface area contributed by atoms with Crippen LogP contribution in [0.5, 0.6) is 0 Å². The third-order valence-electron chi connectivity index (χ3n) is 5.38. The van der Waals surface area contributed by atoms with Crippen molar-refractivity contribution in [1.29, 1.82) is 0 Å². The van der Waals surface area contributed by atoms with Crippen LogP contribution in [0.1, 0.15) is 18.6 Å². The predicted molar refractivity (Wildman–Crippen MR) is 128 cm³/mol. The minimum absolute atomic E-state index is 0.105. The van der Waals surface area contributed by atoms with Gasteiger partial charge < -0.3 is 14.7 Å². The molecule has 0 bridgehead atoms. The molecule has 0 spiro atoms. The number of rotatable bonds is 7. The molecule has 1 unspecified atom stereocenters. The number of carbonyl (C=O) groups is 2. The molecular formula is C20H21ClN8O6S. The van der Waals surface area contributed by atoms with E-state index >= 15 is 0 Å². The number of nitrogens with zero attached hydrogens (tertiary/aromatic N) is 6. The SMILES string of the molecule is CC(OC(=O)Nc1c(-c2ccc(NS(=O)(=O)C3CN(C(=O)O)C3)cn2)nnn1C)c1cccnc1Cl. The fourth-order valence-corrected chi connectivity index (χ4v) is 5.00. The first-order chi connectivity index (χ1) is 17.0. The molecule has 0 aliphatic carbocycles. The van der Waals surface area contributed by atoms with E-state index < -0.39 is 33.6 Å². The molecule has 3 N–H and O–H groups in total. The molecule has 4 rings (SSSR count). The van der Waals surface area contributed by atoms with Crippen molar-refractivity contribution in [3.8, 4) is 11.4 Å². The van der Waals surface area contributed by atoms with E-state index in [-0.39, 0.29) is 35.4 Å². The highest BCUT2D eigenvalue weighted by atomic mass is 35.5. The van der Waals surface area contributed by atoms with Crippen LogP contribution in [-0.4, -0.2) is 73.9 Å². The average molecular weight is 537 g/mol. The Hall–Kier alpha value is -3.98. The maximum absolute atomic E-state index is 12.5. The Kier molecular flexibility index (Phi) is 6.94. The van der Waals surface area contributed by atoms with Crippen LogP contribution in [0.4, 0.5) is 21.1 Å². The lowest BCUT2D eigenvalue weighted by molar-refractivity contribution is 0.119. The van der Waals surface area contributed by atoms with Crippen molar-refractivity contribution in [2.75, 3.05) is 23.1 Å². The highest BCUT2D eigenvalue weighted by molar-refractivity contribution is 7.93. The van der Waals surface area contributed by atoms with Gasteiger partial charge in [-0.1, -0.05) is 22.9 Å². The maximum atomic E-state index is 12.5. The summed E-state index contributed by atoms with van der Waals surface area (Å²) < 4.78 is 34.0. The van der Waals surface area contributed by atoms with E-state index in [0.29, 0.717) is 11.3 Å². The number of carboxylic acid groups (broad SMARTS) is 1. The van der Waals surface area contributed by atoms with Crippen molar-refractivity contribution in [1.82, 2.24) is 29.9 Å². The number of hydrogen-bond acceptors (Lipinski definition) is 9. The first kappa shape index (κ1) is 25.1. The second kappa shape index (κ2) is 9.94. The summed E-state index contributed by atoms with van der Waals surface area (Å²) in [5.74, 6) is 0.202. The van der Waals surface area contributed by atoms with Gasteiger partial charge in [-0.25, -0.2) is 27.7 Å². The third-order valence-corrected chi connectivity index (χ3v) is 7.39. The number of halogens is 1. The summed E-state index contributed by atoms with van der Waals surface area (Å²) in [6.07, 6.45) is 0.174. The van der Waals surface area contributed by atoms with Crippen LogP contribution in [0.25, 0.3) is 11.4 Å². The predicted octanol–water partition coefficient (Wildman–Crippen LogP) is 2.34. The number of ether oxygens (including phenoxy) is 1. The van der Waals surface area contributed by atoms with E-state index in [1.807, 2.05) is 0 Å². The molecule has 14 nitrogen and oxygen atoms in total. The highest BCUT2D eigenvalue weighted by Crippen LogP contribution is 2.27. The molecule has 36 heavy (non-hydrogen) atoms. The number of amides is 2. The quantitative estimate of drug-likeness (QED) is 0.379. The first-order valence-corrected chi connectivity index (χ1v) is 12.4. The minimum Gasteiger partial charge on any atom is -0.465 e. The number of anilines is 2. The Morgan fingerprint density at radius 2 is 2.00 bits per heavy atom. The van der Waals surface area contributed by atoms with Gasteiger partial charge in [0.05, 0.1) is 17.6 Å². The zero-order valence-corrected chi connectivity index (χ0v) is 20.6. The largest absolute Gasteiger partial charge is 0.465 e. The summed E-state index contributed by atoms with van der Waals surface area (Å²) in [5, 5.41) is 18.8. The Morgan fingerprint density at radius 1 is 1.25 bits per heavy atom. The zero-order chi connectivity index (χ0) is 26.0. The van der Waals surface area contributed by atoms with Gasteiger partial charge in [0.25, 0.3) is 0 Å². The Balaban J connectivity index is 1.43. The number of nitrogens with one attached hydrogen (secondary N) is 2. The summed E-state index contributed by atoms with van der Waals surface area (Å²) in [4.78, 5) is 32.6.